The molecule has 2 N–H and O–H groups in total. The van der Waals surface area contributed by atoms with Crippen molar-refractivity contribution in [1.29, 1.82) is 0 Å². The summed E-state index contributed by atoms with van der Waals surface area (Å²) in [6.07, 6.45) is 4.83. The maximum atomic E-state index is 13.2. The van der Waals surface area contributed by atoms with Crippen molar-refractivity contribution in [2.75, 3.05) is 23.8 Å². The molecule has 1 aliphatic rings. The van der Waals surface area contributed by atoms with Gasteiger partial charge in [-0.25, -0.2) is 9.37 Å². The molecule has 1 aromatic carbocycles. The molecule has 6 nitrogen and oxygen atoms in total. The Hall–Kier alpha value is -2.60. The molecule has 1 aliphatic carbocycles. The standard InChI is InChI=1S/C26H34BFN5OP/c1-17(28)15-32(3)21-13-7-18(8-14-21)25(34)30-20-11-9-19(10-12-20)29-23-5-4-6-24-31-22(16-33(23)24)26(2,27)35/h4-8,13-14,16-17,19-20,29H,9-12,15,35H2,1-3H3,(H,30,34). The van der Waals surface area contributed by atoms with Crippen LogP contribution in [0.2, 0.25) is 0 Å². The van der Waals surface area contributed by atoms with Crippen molar-refractivity contribution in [3.63, 3.8) is 0 Å². The molecule has 3 unspecified atom stereocenters. The zero-order chi connectivity index (χ0) is 25.2. The summed E-state index contributed by atoms with van der Waals surface area (Å²) in [6.45, 7) is 3.78. The van der Waals surface area contributed by atoms with Gasteiger partial charge in [0.05, 0.1) is 13.5 Å². The van der Waals surface area contributed by atoms with Crippen molar-refractivity contribution < 1.29 is 9.18 Å². The average Bonchev–Trinajstić information content (AvgIpc) is 3.26. The lowest BCUT2D eigenvalue weighted by Gasteiger charge is -2.30. The molecule has 2 radical (unpaired) electrons. The van der Waals surface area contributed by atoms with Crippen LogP contribution < -0.4 is 15.5 Å². The van der Waals surface area contributed by atoms with Gasteiger partial charge in [-0.3, -0.25) is 9.20 Å². The van der Waals surface area contributed by atoms with E-state index in [0.29, 0.717) is 18.2 Å². The van der Waals surface area contributed by atoms with E-state index < -0.39 is 11.2 Å². The van der Waals surface area contributed by atoms with Crippen LogP contribution >= 0.6 is 9.24 Å². The Bertz CT molecular complexity index is 1150. The number of halogens is 1. The highest BCUT2D eigenvalue weighted by Crippen LogP contribution is 2.29. The number of imidazole rings is 1. The molecule has 4 rings (SSSR count). The molecule has 2 heterocycles. The van der Waals surface area contributed by atoms with Gasteiger partial charge in [0.1, 0.15) is 17.6 Å². The highest BCUT2D eigenvalue weighted by Gasteiger charge is 2.24. The zero-order valence-corrected chi connectivity index (χ0v) is 21.8. The number of carbonyl (C=O) groups excluding carboxylic acids is 1. The minimum absolute atomic E-state index is 0.0625. The monoisotopic (exact) mass is 493 g/mol. The molecule has 184 valence electrons. The number of hydrogen-bond acceptors (Lipinski definition) is 4. The highest BCUT2D eigenvalue weighted by molar-refractivity contribution is 7.21. The number of nitrogens with zero attached hydrogens (tertiary/aromatic N) is 3. The van der Waals surface area contributed by atoms with Gasteiger partial charge in [0.2, 0.25) is 0 Å². The zero-order valence-electron chi connectivity index (χ0n) is 20.7. The number of carbonyl (C=O) groups is 1. The van der Waals surface area contributed by atoms with E-state index in [1.165, 1.54) is 6.92 Å². The first-order valence-corrected chi connectivity index (χ1v) is 12.8. The second-order valence-corrected chi connectivity index (χ2v) is 11.1. The van der Waals surface area contributed by atoms with Crippen molar-refractivity contribution in [2.45, 2.75) is 62.8 Å². The molecule has 3 atom stereocenters. The predicted octanol–water partition coefficient (Wildman–Crippen LogP) is 4.50. The van der Waals surface area contributed by atoms with E-state index in [4.69, 9.17) is 7.85 Å². The molecule has 3 aromatic rings. The van der Waals surface area contributed by atoms with Crippen LogP contribution in [0.25, 0.3) is 5.65 Å². The smallest absolute Gasteiger partial charge is 0.251 e. The van der Waals surface area contributed by atoms with Crippen LogP contribution in [0, 0.1) is 0 Å². The Morgan fingerprint density at radius 1 is 1.23 bits per heavy atom. The van der Waals surface area contributed by atoms with Gasteiger partial charge in [-0.15, -0.1) is 9.24 Å². The van der Waals surface area contributed by atoms with Crippen LogP contribution in [0.5, 0.6) is 0 Å². The molecule has 1 amide bonds. The first-order chi connectivity index (χ1) is 16.6. The summed E-state index contributed by atoms with van der Waals surface area (Å²) >= 11 is 0. The quantitative estimate of drug-likeness (QED) is 0.359. The molecule has 9 heteroatoms. The Morgan fingerprint density at radius 2 is 1.89 bits per heavy atom. The summed E-state index contributed by atoms with van der Waals surface area (Å²) in [5, 5.41) is 6.25. The summed E-state index contributed by atoms with van der Waals surface area (Å²) in [6, 6.07) is 13.8. The number of rotatable bonds is 8. The number of benzene rings is 1. The minimum atomic E-state index is -0.907. The molecule has 1 fully saturated rings. The van der Waals surface area contributed by atoms with Crippen LogP contribution in [-0.4, -0.2) is 55.0 Å². The minimum Gasteiger partial charge on any atom is -0.372 e. The maximum Gasteiger partial charge on any atom is 0.251 e. The van der Waals surface area contributed by atoms with Crippen molar-refractivity contribution in [1.82, 2.24) is 14.7 Å². The number of fused-ring (bicyclic) bond motifs is 1. The van der Waals surface area contributed by atoms with Crippen molar-refractivity contribution in [3.05, 3.63) is 59.9 Å². The normalized spacial score (nSPS) is 20.7. The van der Waals surface area contributed by atoms with E-state index >= 15 is 0 Å². The molecular formula is C26H34BFN5OP. The van der Waals surface area contributed by atoms with Gasteiger partial charge in [0, 0.05) is 43.1 Å². The number of amides is 1. The number of nitrogens with one attached hydrogen (secondary N) is 2. The van der Waals surface area contributed by atoms with E-state index in [0.717, 1.165) is 48.5 Å². The molecule has 1 saturated carbocycles. The third-order valence-corrected chi connectivity index (χ3v) is 6.85. The number of alkyl halides is 1. The summed E-state index contributed by atoms with van der Waals surface area (Å²) < 4.78 is 15.3. The SMILES string of the molecule is [B]C(C)(P)c1cn2c(NC3CCC(NC(=O)c4ccc(N(C)CC(C)F)cc4)CC3)cccc2n1. The molecule has 35 heavy (non-hydrogen) atoms. The van der Waals surface area contributed by atoms with Crippen LogP contribution in [-0.2, 0) is 5.06 Å². The van der Waals surface area contributed by atoms with Gasteiger partial charge in [-0.1, -0.05) is 13.0 Å². The molecule has 0 spiro atoms. The Labute approximate surface area is 210 Å². The van der Waals surface area contributed by atoms with Gasteiger partial charge in [0.15, 0.2) is 0 Å². The van der Waals surface area contributed by atoms with E-state index in [1.807, 2.05) is 53.7 Å². The van der Waals surface area contributed by atoms with E-state index in [2.05, 4.69) is 30.9 Å². The Kier molecular flexibility index (Phi) is 7.70. The molecule has 2 aromatic heterocycles. The van der Waals surface area contributed by atoms with Crippen molar-refractivity contribution in [3.8, 4) is 0 Å². The van der Waals surface area contributed by atoms with Crippen molar-refractivity contribution >= 4 is 40.1 Å². The predicted molar refractivity (Wildman–Crippen MR) is 145 cm³/mol. The summed E-state index contributed by atoms with van der Waals surface area (Å²) in [7, 11) is 10.7. The summed E-state index contributed by atoms with van der Waals surface area (Å²) in [5.41, 5.74) is 3.20. The third kappa shape index (κ3) is 6.35. The van der Waals surface area contributed by atoms with Crippen LogP contribution in [0.1, 0.15) is 55.6 Å². The van der Waals surface area contributed by atoms with E-state index in [1.54, 1.807) is 12.1 Å². The number of aromatic nitrogens is 2. The lowest BCUT2D eigenvalue weighted by molar-refractivity contribution is 0.0926. The van der Waals surface area contributed by atoms with E-state index in [-0.39, 0.29) is 11.9 Å². The first-order valence-electron chi connectivity index (χ1n) is 12.2. The maximum absolute atomic E-state index is 13.2. The molecule has 0 bridgehead atoms. The fraction of sp³-hybridized carbons (Fsp3) is 0.462. The molecule has 0 saturated heterocycles. The lowest BCUT2D eigenvalue weighted by Crippen LogP contribution is -2.40. The Balaban J connectivity index is 1.31. The van der Waals surface area contributed by atoms with Gasteiger partial charge >= 0.3 is 0 Å². The third-order valence-electron chi connectivity index (χ3n) is 6.55. The molecule has 0 aliphatic heterocycles. The van der Waals surface area contributed by atoms with Crippen LogP contribution in [0.4, 0.5) is 15.9 Å². The van der Waals surface area contributed by atoms with Gasteiger partial charge in [-0.2, -0.15) is 0 Å². The fourth-order valence-corrected chi connectivity index (χ4v) is 4.74. The average molecular weight is 493 g/mol. The van der Waals surface area contributed by atoms with Gasteiger partial charge < -0.3 is 15.5 Å². The van der Waals surface area contributed by atoms with Gasteiger partial charge in [-0.05, 0) is 74.1 Å². The number of pyridine rings is 1. The van der Waals surface area contributed by atoms with Crippen molar-refractivity contribution in [2.24, 2.45) is 0 Å². The Morgan fingerprint density at radius 3 is 2.51 bits per heavy atom. The van der Waals surface area contributed by atoms with Gasteiger partial charge in [0.25, 0.3) is 5.91 Å². The summed E-state index contributed by atoms with van der Waals surface area (Å²) in [4.78, 5) is 19.2. The largest absolute Gasteiger partial charge is 0.372 e. The summed E-state index contributed by atoms with van der Waals surface area (Å²) in [5.74, 6) is 0.933. The number of anilines is 2. The first kappa shape index (κ1) is 25.5. The van der Waals surface area contributed by atoms with Crippen LogP contribution in [0.15, 0.2) is 48.7 Å². The number of hydrogen-bond donors (Lipinski definition) is 2. The second kappa shape index (κ2) is 10.6. The fourth-order valence-electron chi connectivity index (χ4n) is 4.60. The second-order valence-electron chi connectivity index (χ2n) is 9.92. The lowest BCUT2D eigenvalue weighted by atomic mass is 9.85. The van der Waals surface area contributed by atoms with E-state index in [9.17, 15) is 9.18 Å². The highest BCUT2D eigenvalue weighted by atomic mass is 31.0. The topological polar surface area (TPSA) is 61.7 Å². The van der Waals surface area contributed by atoms with Crippen LogP contribution in [0.3, 0.4) is 0 Å². The molecular weight excluding hydrogens is 459 g/mol.